The summed E-state index contributed by atoms with van der Waals surface area (Å²) in [6, 6.07) is 7.98. The Bertz CT molecular complexity index is 342. The predicted octanol–water partition coefficient (Wildman–Crippen LogP) is 2.33. The van der Waals surface area contributed by atoms with E-state index in [0.717, 1.165) is 11.8 Å². The van der Waals surface area contributed by atoms with Gasteiger partial charge in [0.1, 0.15) is 6.29 Å². The summed E-state index contributed by atoms with van der Waals surface area (Å²) in [7, 11) is 0. The van der Waals surface area contributed by atoms with E-state index in [2.05, 4.69) is 11.8 Å². The first-order chi connectivity index (χ1) is 6.34. The second-order valence-corrected chi connectivity index (χ2v) is 2.82. The number of benzene rings is 1. The standard InChI is InChI=1S/C12H12O/c1-11-7-4-5-9-12(11)8-3-2-6-10-13/h4-5,7,9-10H,2,6H2,1H3. The van der Waals surface area contributed by atoms with Crippen molar-refractivity contribution >= 4 is 6.29 Å². The minimum absolute atomic E-state index is 0.527. The third-order valence-corrected chi connectivity index (χ3v) is 1.76. The van der Waals surface area contributed by atoms with Crippen molar-refractivity contribution in [3.63, 3.8) is 0 Å². The van der Waals surface area contributed by atoms with Crippen molar-refractivity contribution in [1.29, 1.82) is 0 Å². The highest BCUT2D eigenvalue weighted by atomic mass is 16.1. The zero-order valence-electron chi connectivity index (χ0n) is 7.71. The summed E-state index contributed by atoms with van der Waals surface area (Å²) in [6.45, 7) is 2.03. The normalized spacial score (nSPS) is 8.69. The summed E-state index contributed by atoms with van der Waals surface area (Å²) in [5.74, 6) is 6.00. The van der Waals surface area contributed by atoms with Gasteiger partial charge in [-0.1, -0.05) is 30.0 Å². The highest BCUT2D eigenvalue weighted by Gasteiger charge is 1.89. The second-order valence-electron chi connectivity index (χ2n) is 2.82. The van der Waals surface area contributed by atoms with Crippen LogP contribution in [-0.4, -0.2) is 6.29 Å². The molecule has 0 saturated heterocycles. The van der Waals surface area contributed by atoms with Crippen molar-refractivity contribution in [1.82, 2.24) is 0 Å². The minimum Gasteiger partial charge on any atom is -0.303 e. The SMILES string of the molecule is Cc1ccccc1C#CCCC=O. The molecule has 0 spiro atoms. The van der Waals surface area contributed by atoms with Gasteiger partial charge in [-0.3, -0.25) is 0 Å². The van der Waals surface area contributed by atoms with Crippen LogP contribution in [0.3, 0.4) is 0 Å². The molecule has 0 heterocycles. The van der Waals surface area contributed by atoms with Gasteiger partial charge in [-0.15, -0.1) is 0 Å². The lowest BCUT2D eigenvalue weighted by atomic mass is 10.1. The van der Waals surface area contributed by atoms with Crippen molar-refractivity contribution in [3.05, 3.63) is 35.4 Å². The molecular weight excluding hydrogens is 160 g/mol. The molecule has 0 aliphatic carbocycles. The number of aryl methyl sites for hydroxylation is 1. The number of hydrogen-bond donors (Lipinski definition) is 0. The predicted molar refractivity (Wildman–Crippen MR) is 53.4 cm³/mol. The average molecular weight is 172 g/mol. The molecule has 0 aromatic heterocycles. The monoisotopic (exact) mass is 172 g/mol. The molecule has 0 atom stereocenters. The van der Waals surface area contributed by atoms with Crippen LogP contribution in [0.1, 0.15) is 24.0 Å². The molecule has 66 valence electrons. The number of aldehydes is 1. The van der Waals surface area contributed by atoms with Crippen LogP contribution < -0.4 is 0 Å². The van der Waals surface area contributed by atoms with Crippen LogP contribution in [0.4, 0.5) is 0 Å². The van der Waals surface area contributed by atoms with Crippen LogP contribution in [0.5, 0.6) is 0 Å². The van der Waals surface area contributed by atoms with Gasteiger partial charge in [0.15, 0.2) is 0 Å². The molecule has 13 heavy (non-hydrogen) atoms. The zero-order valence-corrected chi connectivity index (χ0v) is 7.71. The molecule has 1 heteroatoms. The van der Waals surface area contributed by atoms with Crippen LogP contribution in [0.25, 0.3) is 0 Å². The van der Waals surface area contributed by atoms with Crippen molar-refractivity contribution in [3.8, 4) is 11.8 Å². The molecule has 0 amide bonds. The topological polar surface area (TPSA) is 17.1 Å². The Morgan fingerprint density at radius 1 is 1.38 bits per heavy atom. The van der Waals surface area contributed by atoms with E-state index < -0.39 is 0 Å². The molecule has 0 unspecified atom stereocenters. The molecule has 1 aromatic rings. The first-order valence-corrected chi connectivity index (χ1v) is 4.32. The van der Waals surface area contributed by atoms with Crippen molar-refractivity contribution < 1.29 is 4.79 Å². The second kappa shape index (κ2) is 5.16. The molecule has 0 bridgehead atoms. The van der Waals surface area contributed by atoms with Crippen molar-refractivity contribution in [2.75, 3.05) is 0 Å². The van der Waals surface area contributed by atoms with Gasteiger partial charge in [-0.25, -0.2) is 0 Å². The maximum atomic E-state index is 10.0. The summed E-state index contributed by atoms with van der Waals surface area (Å²) in [5, 5.41) is 0. The third kappa shape index (κ3) is 3.13. The molecular formula is C12H12O. The highest BCUT2D eigenvalue weighted by Crippen LogP contribution is 2.04. The van der Waals surface area contributed by atoms with E-state index in [1.165, 1.54) is 5.56 Å². The van der Waals surface area contributed by atoms with E-state index in [9.17, 15) is 4.79 Å². The highest BCUT2D eigenvalue weighted by molar-refractivity contribution is 5.50. The fourth-order valence-corrected chi connectivity index (χ4v) is 1.00. The summed E-state index contributed by atoms with van der Waals surface area (Å²) in [5.41, 5.74) is 2.23. The number of carbonyl (C=O) groups is 1. The number of hydrogen-bond acceptors (Lipinski definition) is 1. The fourth-order valence-electron chi connectivity index (χ4n) is 1.00. The first-order valence-electron chi connectivity index (χ1n) is 4.32. The third-order valence-electron chi connectivity index (χ3n) is 1.76. The van der Waals surface area contributed by atoms with Gasteiger partial charge in [0.05, 0.1) is 0 Å². The van der Waals surface area contributed by atoms with Crippen LogP contribution in [0.15, 0.2) is 24.3 Å². The van der Waals surface area contributed by atoms with E-state index in [0.29, 0.717) is 12.8 Å². The zero-order chi connectivity index (χ0) is 9.52. The quantitative estimate of drug-likeness (QED) is 0.380. The summed E-state index contributed by atoms with van der Waals surface area (Å²) < 4.78 is 0. The first kappa shape index (κ1) is 9.54. The molecule has 0 fully saturated rings. The largest absolute Gasteiger partial charge is 0.303 e. The Morgan fingerprint density at radius 3 is 2.85 bits per heavy atom. The lowest BCUT2D eigenvalue weighted by Crippen LogP contribution is -1.79. The Labute approximate surface area is 78.8 Å². The molecule has 0 aliphatic rings. The molecule has 0 aliphatic heterocycles. The van der Waals surface area contributed by atoms with Crippen LogP contribution in [0.2, 0.25) is 0 Å². The molecule has 0 N–H and O–H groups in total. The van der Waals surface area contributed by atoms with Gasteiger partial charge in [0.2, 0.25) is 0 Å². The molecule has 1 nitrogen and oxygen atoms in total. The Kier molecular flexibility index (Phi) is 3.78. The number of carbonyl (C=O) groups excluding carboxylic acids is 1. The fraction of sp³-hybridized carbons (Fsp3) is 0.250. The molecule has 0 radical (unpaired) electrons. The van der Waals surface area contributed by atoms with Gasteiger partial charge in [-0.2, -0.15) is 0 Å². The van der Waals surface area contributed by atoms with E-state index in [4.69, 9.17) is 0 Å². The van der Waals surface area contributed by atoms with Crippen molar-refractivity contribution in [2.45, 2.75) is 19.8 Å². The summed E-state index contributed by atoms with van der Waals surface area (Å²) in [4.78, 5) is 10.0. The average Bonchev–Trinajstić information content (AvgIpc) is 2.15. The van der Waals surface area contributed by atoms with Crippen LogP contribution >= 0.6 is 0 Å². The molecule has 1 rings (SSSR count). The Morgan fingerprint density at radius 2 is 2.15 bits per heavy atom. The number of unbranched alkanes of at least 4 members (excludes halogenated alkanes) is 1. The maximum absolute atomic E-state index is 10.0. The lowest BCUT2D eigenvalue weighted by molar-refractivity contribution is -0.107. The van der Waals surface area contributed by atoms with Crippen LogP contribution in [-0.2, 0) is 4.79 Å². The van der Waals surface area contributed by atoms with Gasteiger partial charge in [-0.05, 0) is 18.6 Å². The van der Waals surface area contributed by atoms with E-state index in [1.807, 2.05) is 31.2 Å². The lowest BCUT2D eigenvalue weighted by Gasteiger charge is -1.94. The van der Waals surface area contributed by atoms with Gasteiger partial charge in [0.25, 0.3) is 0 Å². The van der Waals surface area contributed by atoms with Gasteiger partial charge < -0.3 is 4.79 Å². The number of rotatable bonds is 2. The van der Waals surface area contributed by atoms with E-state index >= 15 is 0 Å². The molecule has 0 saturated carbocycles. The van der Waals surface area contributed by atoms with E-state index in [1.54, 1.807) is 0 Å². The summed E-state index contributed by atoms with van der Waals surface area (Å²) in [6.07, 6.45) is 2.07. The Hall–Kier alpha value is -1.55. The van der Waals surface area contributed by atoms with Crippen LogP contribution in [0, 0.1) is 18.8 Å². The summed E-state index contributed by atoms with van der Waals surface area (Å²) >= 11 is 0. The smallest absolute Gasteiger partial charge is 0.120 e. The van der Waals surface area contributed by atoms with E-state index in [-0.39, 0.29) is 0 Å². The van der Waals surface area contributed by atoms with Crippen molar-refractivity contribution in [2.24, 2.45) is 0 Å². The van der Waals surface area contributed by atoms with Gasteiger partial charge in [0, 0.05) is 18.4 Å². The van der Waals surface area contributed by atoms with Gasteiger partial charge >= 0.3 is 0 Å². The minimum atomic E-state index is 0.527. The maximum Gasteiger partial charge on any atom is 0.120 e. The molecule has 1 aromatic carbocycles. The Balaban J connectivity index is 2.66.